The molecule has 5 nitrogen and oxygen atoms in total. The average molecular weight is 301 g/mol. The minimum Gasteiger partial charge on any atom is -0.450 e. The van der Waals surface area contributed by atoms with Crippen molar-refractivity contribution in [2.75, 3.05) is 39.3 Å². The molecule has 1 aliphatic rings. The van der Waals surface area contributed by atoms with Gasteiger partial charge in [-0.15, -0.1) is 0 Å². The Hall–Kier alpha value is -0.880. The molecule has 1 aliphatic heterocycles. The van der Waals surface area contributed by atoms with Crippen molar-refractivity contribution in [2.45, 2.75) is 33.6 Å². The third-order valence-corrected chi connectivity index (χ3v) is 4.39. The Kier molecular flexibility index (Phi) is 6.68. The number of nitrogens with zero attached hydrogens (tertiary/aromatic N) is 2. The number of nitrogens with two attached hydrogens (primary N) is 1. The van der Waals surface area contributed by atoms with Crippen molar-refractivity contribution in [1.29, 1.82) is 0 Å². The SMILES string of the molecule is CCOC(=O)N1CCN(CCCC(C)(C)C(N)=S)CC1. The highest BCUT2D eigenvalue weighted by molar-refractivity contribution is 7.80. The number of amides is 1. The van der Waals surface area contributed by atoms with E-state index in [2.05, 4.69) is 18.7 Å². The molecule has 20 heavy (non-hydrogen) atoms. The summed E-state index contributed by atoms with van der Waals surface area (Å²) < 4.78 is 5.01. The summed E-state index contributed by atoms with van der Waals surface area (Å²) in [7, 11) is 0. The highest BCUT2D eigenvalue weighted by atomic mass is 32.1. The van der Waals surface area contributed by atoms with Gasteiger partial charge in [-0.05, 0) is 26.3 Å². The molecule has 1 rings (SSSR count). The van der Waals surface area contributed by atoms with Crippen LogP contribution in [0.2, 0.25) is 0 Å². The third kappa shape index (κ3) is 5.25. The minimum absolute atomic E-state index is 0.0674. The Morgan fingerprint density at radius 3 is 2.40 bits per heavy atom. The van der Waals surface area contributed by atoms with E-state index in [9.17, 15) is 4.79 Å². The first-order chi connectivity index (χ1) is 9.36. The van der Waals surface area contributed by atoms with Gasteiger partial charge in [0.25, 0.3) is 0 Å². The fraction of sp³-hybridized carbons (Fsp3) is 0.857. The van der Waals surface area contributed by atoms with Crippen LogP contribution < -0.4 is 5.73 Å². The Bertz CT molecular complexity index is 339. The molecule has 0 unspecified atom stereocenters. The van der Waals surface area contributed by atoms with Crippen LogP contribution in [0.4, 0.5) is 4.79 Å². The largest absolute Gasteiger partial charge is 0.450 e. The molecule has 6 heteroatoms. The van der Waals surface area contributed by atoms with Gasteiger partial charge in [0.1, 0.15) is 0 Å². The van der Waals surface area contributed by atoms with Gasteiger partial charge in [-0.3, -0.25) is 4.90 Å². The molecule has 0 radical (unpaired) electrons. The van der Waals surface area contributed by atoms with Crippen LogP contribution in [-0.4, -0.2) is 60.2 Å². The van der Waals surface area contributed by atoms with Crippen LogP contribution in [0.25, 0.3) is 0 Å². The van der Waals surface area contributed by atoms with E-state index in [0.717, 1.165) is 45.6 Å². The molecule has 1 amide bonds. The summed E-state index contributed by atoms with van der Waals surface area (Å²) in [5.41, 5.74) is 5.66. The van der Waals surface area contributed by atoms with Gasteiger partial charge in [-0.1, -0.05) is 26.1 Å². The molecule has 2 N–H and O–H groups in total. The van der Waals surface area contributed by atoms with E-state index in [-0.39, 0.29) is 11.5 Å². The maximum Gasteiger partial charge on any atom is 0.409 e. The van der Waals surface area contributed by atoms with Crippen LogP contribution in [0, 0.1) is 5.41 Å². The standard InChI is InChI=1S/C14H27N3O2S/c1-4-19-13(18)17-10-8-16(9-11-17)7-5-6-14(2,3)12(15)20/h4-11H2,1-3H3,(H2,15,20). The van der Waals surface area contributed by atoms with Crippen LogP contribution in [0.3, 0.4) is 0 Å². The second kappa shape index (κ2) is 7.78. The second-order valence-electron chi connectivity index (χ2n) is 5.88. The molecule has 1 saturated heterocycles. The average Bonchev–Trinajstić information content (AvgIpc) is 2.39. The van der Waals surface area contributed by atoms with E-state index >= 15 is 0 Å². The predicted octanol–water partition coefficient (Wildman–Crippen LogP) is 1.85. The van der Waals surface area contributed by atoms with Gasteiger partial charge in [-0.2, -0.15) is 0 Å². The van der Waals surface area contributed by atoms with E-state index in [4.69, 9.17) is 22.7 Å². The molecular weight excluding hydrogens is 274 g/mol. The molecule has 0 bridgehead atoms. The van der Waals surface area contributed by atoms with Crippen molar-refractivity contribution in [2.24, 2.45) is 11.1 Å². The van der Waals surface area contributed by atoms with Gasteiger partial charge in [0.05, 0.1) is 11.6 Å². The molecule has 1 fully saturated rings. The molecule has 1 heterocycles. The topological polar surface area (TPSA) is 58.8 Å². The maximum atomic E-state index is 11.6. The predicted molar refractivity (Wildman–Crippen MR) is 84.8 cm³/mol. The van der Waals surface area contributed by atoms with Gasteiger partial charge >= 0.3 is 6.09 Å². The lowest BCUT2D eigenvalue weighted by atomic mass is 9.88. The molecule has 0 aromatic heterocycles. The second-order valence-corrected chi connectivity index (χ2v) is 6.32. The highest BCUT2D eigenvalue weighted by Gasteiger charge is 2.24. The number of rotatable bonds is 6. The molecule has 0 atom stereocenters. The monoisotopic (exact) mass is 301 g/mol. The zero-order chi connectivity index (χ0) is 15.2. The molecule has 0 spiro atoms. The number of ether oxygens (including phenoxy) is 1. The van der Waals surface area contributed by atoms with Gasteiger partial charge < -0.3 is 15.4 Å². The third-order valence-electron chi connectivity index (χ3n) is 3.84. The summed E-state index contributed by atoms with van der Waals surface area (Å²) in [4.78, 5) is 16.3. The van der Waals surface area contributed by atoms with Crippen molar-refractivity contribution < 1.29 is 9.53 Å². The Labute approximate surface area is 127 Å². The van der Waals surface area contributed by atoms with Crippen molar-refractivity contribution in [3.8, 4) is 0 Å². The molecule has 0 aromatic rings. The summed E-state index contributed by atoms with van der Waals surface area (Å²) in [5, 5.41) is 0. The van der Waals surface area contributed by atoms with Crippen LogP contribution in [-0.2, 0) is 4.74 Å². The number of carbonyl (C=O) groups is 1. The molecule has 0 aromatic carbocycles. The molecule has 0 aliphatic carbocycles. The summed E-state index contributed by atoms with van der Waals surface area (Å²) in [6.45, 7) is 10.8. The first kappa shape index (κ1) is 17.2. The Morgan fingerprint density at radius 1 is 1.30 bits per heavy atom. The van der Waals surface area contributed by atoms with E-state index in [1.165, 1.54) is 0 Å². The first-order valence-corrected chi connectivity index (χ1v) is 7.71. The molecule has 116 valence electrons. The molecular formula is C14H27N3O2S. The van der Waals surface area contributed by atoms with Gasteiger partial charge in [-0.25, -0.2) is 4.79 Å². The Morgan fingerprint density at radius 2 is 1.90 bits per heavy atom. The lowest BCUT2D eigenvalue weighted by molar-refractivity contribution is 0.0788. The summed E-state index contributed by atoms with van der Waals surface area (Å²) in [5.74, 6) is 0. The van der Waals surface area contributed by atoms with Crippen LogP contribution in [0.15, 0.2) is 0 Å². The smallest absolute Gasteiger partial charge is 0.409 e. The normalized spacial score (nSPS) is 17.1. The summed E-state index contributed by atoms with van der Waals surface area (Å²) in [6, 6.07) is 0. The Balaban J connectivity index is 2.23. The summed E-state index contributed by atoms with van der Waals surface area (Å²) >= 11 is 5.08. The zero-order valence-corrected chi connectivity index (χ0v) is 13.7. The fourth-order valence-electron chi connectivity index (χ4n) is 2.24. The van der Waals surface area contributed by atoms with Crippen LogP contribution in [0.5, 0.6) is 0 Å². The first-order valence-electron chi connectivity index (χ1n) is 7.31. The van der Waals surface area contributed by atoms with Crippen molar-refractivity contribution in [1.82, 2.24) is 9.80 Å². The van der Waals surface area contributed by atoms with Gasteiger partial charge in [0.15, 0.2) is 0 Å². The quantitative estimate of drug-likeness (QED) is 0.759. The minimum atomic E-state index is -0.193. The lowest BCUT2D eigenvalue weighted by Gasteiger charge is -2.34. The number of piperazine rings is 1. The van der Waals surface area contributed by atoms with E-state index in [1.807, 2.05) is 6.92 Å². The van der Waals surface area contributed by atoms with Crippen LogP contribution in [0.1, 0.15) is 33.6 Å². The number of thiocarbonyl (C=S) groups is 1. The molecule has 0 saturated carbocycles. The van der Waals surface area contributed by atoms with Crippen molar-refractivity contribution in [3.05, 3.63) is 0 Å². The van der Waals surface area contributed by atoms with Crippen molar-refractivity contribution in [3.63, 3.8) is 0 Å². The highest BCUT2D eigenvalue weighted by Crippen LogP contribution is 2.22. The van der Waals surface area contributed by atoms with Crippen molar-refractivity contribution >= 4 is 23.3 Å². The summed E-state index contributed by atoms with van der Waals surface area (Å²) in [6.07, 6.45) is 1.88. The lowest BCUT2D eigenvalue weighted by Crippen LogP contribution is -2.49. The van der Waals surface area contributed by atoms with E-state index < -0.39 is 0 Å². The maximum absolute atomic E-state index is 11.6. The zero-order valence-electron chi connectivity index (χ0n) is 12.9. The van der Waals surface area contributed by atoms with Gasteiger partial charge in [0.2, 0.25) is 0 Å². The van der Waals surface area contributed by atoms with E-state index in [0.29, 0.717) is 11.6 Å². The fourth-order valence-corrected chi connectivity index (χ4v) is 2.34. The number of hydrogen-bond acceptors (Lipinski definition) is 4. The van der Waals surface area contributed by atoms with Crippen LogP contribution >= 0.6 is 12.2 Å². The van der Waals surface area contributed by atoms with Gasteiger partial charge in [0, 0.05) is 31.6 Å². The van der Waals surface area contributed by atoms with E-state index in [1.54, 1.807) is 4.90 Å². The number of carbonyl (C=O) groups excluding carboxylic acids is 1. The number of hydrogen-bond donors (Lipinski definition) is 1.